The van der Waals surface area contributed by atoms with Gasteiger partial charge >= 0.3 is 5.97 Å². The van der Waals surface area contributed by atoms with Crippen molar-refractivity contribution in [2.45, 2.75) is 196 Å². The van der Waals surface area contributed by atoms with Crippen molar-refractivity contribution in [3.8, 4) is 0 Å². The van der Waals surface area contributed by atoms with E-state index in [9.17, 15) is 40.5 Å². The molecule has 25 atom stereocenters. The minimum absolute atomic E-state index is 0.0410. The van der Waals surface area contributed by atoms with Crippen molar-refractivity contribution in [2.75, 3.05) is 38.8 Å². The van der Waals surface area contributed by atoms with E-state index in [1.165, 1.54) is 12.5 Å². The van der Waals surface area contributed by atoms with Crippen molar-refractivity contribution in [3.63, 3.8) is 0 Å². The second-order valence-corrected chi connectivity index (χ2v) is 23.4. The lowest BCUT2D eigenvalue weighted by Crippen LogP contribution is -2.65. The number of allylic oxidation sites excluding steroid dienone is 1. The summed E-state index contributed by atoms with van der Waals surface area (Å²) in [7, 11) is 3.67. The number of carbonyl (C=O) groups excluding carboxylic acids is 1. The largest absolute Gasteiger partial charge is 0.459 e. The summed E-state index contributed by atoms with van der Waals surface area (Å²) in [5.74, 6) is 1.86. The summed E-state index contributed by atoms with van der Waals surface area (Å²) in [6.07, 6.45) is -9.78. The fourth-order valence-electron chi connectivity index (χ4n) is 15.0. The highest BCUT2D eigenvalue weighted by atomic mass is 16.8. The van der Waals surface area contributed by atoms with E-state index < -0.39 is 111 Å². The molecule has 7 N–H and O–H groups in total. The molecule has 18 nitrogen and oxygen atoms in total. The van der Waals surface area contributed by atoms with Crippen molar-refractivity contribution in [1.29, 1.82) is 0 Å². The van der Waals surface area contributed by atoms with Crippen molar-refractivity contribution < 1.29 is 83.2 Å². The van der Waals surface area contributed by atoms with E-state index in [4.69, 9.17) is 42.6 Å². The predicted octanol–water partition coefficient (Wildman–Crippen LogP) is 2.78. The van der Waals surface area contributed by atoms with Crippen LogP contribution in [0.5, 0.6) is 0 Å². The van der Waals surface area contributed by atoms with Crippen LogP contribution in [0.25, 0.3) is 0 Å². The molecule has 398 valence electrons. The predicted molar refractivity (Wildman–Crippen MR) is 252 cm³/mol. The third kappa shape index (κ3) is 9.13. The van der Waals surface area contributed by atoms with Gasteiger partial charge in [0.25, 0.3) is 0 Å². The van der Waals surface area contributed by atoms with Crippen molar-refractivity contribution in [3.05, 3.63) is 41.5 Å². The fraction of sp³-hybridized carbons (Fsp3) is 0.830. The van der Waals surface area contributed by atoms with Gasteiger partial charge in [0.1, 0.15) is 67.6 Å². The van der Waals surface area contributed by atoms with Gasteiger partial charge in [-0.3, -0.25) is 0 Å². The SMILES string of the molecule is CC1CCC2(OC1)OC1CC3C4CC=C5CC(OC6OC(CO)C(OC7OC(COC(=O)c8cccc(N(C)C)c8)C(O)C7O)C(O)C6OC6OC(C)C(O)C(O)C6O)CCC5(C)C4CCC3(C)C1C2C. The van der Waals surface area contributed by atoms with Gasteiger partial charge in [0.05, 0.1) is 37.1 Å². The molecule has 9 aliphatic rings. The summed E-state index contributed by atoms with van der Waals surface area (Å²) in [5, 5.41) is 77.3. The van der Waals surface area contributed by atoms with E-state index in [-0.39, 0.29) is 28.6 Å². The monoisotopic (exact) mass is 1000 g/mol. The van der Waals surface area contributed by atoms with Crippen LogP contribution in [0.15, 0.2) is 35.9 Å². The van der Waals surface area contributed by atoms with Gasteiger partial charge in [-0.2, -0.15) is 0 Å². The Kier molecular flexibility index (Phi) is 14.6. The van der Waals surface area contributed by atoms with Gasteiger partial charge in [-0.25, -0.2) is 4.79 Å². The van der Waals surface area contributed by atoms with Gasteiger partial charge in [-0.15, -0.1) is 0 Å². The Balaban J connectivity index is 0.826. The zero-order chi connectivity index (χ0) is 50.5. The van der Waals surface area contributed by atoms with E-state index in [2.05, 4.69) is 33.8 Å². The smallest absolute Gasteiger partial charge is 0.338 e. The van der Waals surface area contributed by atoms with E-state index in [0.717, 1.165) is 57.2 Å². The standard InChI is InChI=1S/C53H79NO17/c1-25-13-18-53(64-23-25)26(2)38-35(71-53)21-34-32-12-11-29-20-31(14-16-51(29,4)33(32)15-17-52(34,38)5)66-50-46(70-48-43(60)41(58)39(56)27(3)65-48)44(61)45(36(22-55)67-50)69-49-42(59)40(57)37(68-49)24-63-47(62)28-9-8-10-30(19-28)54(6)7/h8-11,19,25-27,31-46,48-50,55-61H,12-18,20-24H2,1-7H3. The number of anilines is 1. The molecule has 1 spiro atoms. The molecule has 10 rings (SSSR count). The zero-order valence-electron chi connectivity index (χ0n) is 42.2. The second kappa shape index (κ2) is 20.0. The van der Waals surface area contributed by atoms with Gasteiger partial charge in [0.2, 0.25) is 0 Å². The number of nitrogens with zero attached hydrogens (tertiary/aromatic N) is 1. The van der Waals surface area contributed by atoms with Crippen molar-refractivity contribution in [1.82, 2.24) is 0 Å². The molecule has 0 amide bonds. The molecule has 0 bridgehead atoms. The summed E-state index contributed by atoms with van der Waals surface area (Å²) in [6, 6.07) is 6.79. The first-order chi connectivity index (χ1) is 33.8. The molecule has 0 aromatic heterocycles. The minimum Gasteiger partial charge on any atom is -0.459 e. The summed E-state index contributed by atoms with van der Waals surface area (Å²) in [4.78, 5) is 14.8. The Labute approximate surface area is 416 Å². The van der Waals surface area contributed by atoms with Gasteiger partial charge < -0.3 is 83.3 Å². The molecule has 1 aromatic carbocycles. The summed E-state index contributed by atoms with van der Waals surface area (Å²) >= 11 is 0. The molecular formula is C53H79NO17. The number of ether oxygens (including phenoxy) is 9. The Hall–Kier alpha value is -2.37. The fourth-order valence-corrected chi connectivity index (χ4v) is 15.0. The maximum atomic E-state index is 13.0. The van der Waals surface area contributed by atoms with Gasteiger partial charge in [0, 0.05) is 32.1 Å². The van der Waals surface area contributed by atoms with Crippen LogP contribution in [0.3, 0.4) is 0 Å². The van der Waals surface area contributed by atoms with Crippen LogP contribution in [-0.4, -0.2) is 180 Å². The van der Waals surface area contributed by atoms with Crippen LogP contribution in [0.4, 0.5) is 5.69 Å². The highest BCUT2D eigenvalue weighted by Gasteiger charge is 2.69. The lowest BCUT2D eigenvalue weighted by atomic mass is 9.47. The third-order valence-corrected chi connectivity index (χ3v) is 19.1. The number of aliphatic hydroxyl groups is 7. The topological polar surface area (TPSA) is 245 Å². The van der Waals surface area contributed by atoms with Crippen molar-refractivity contribution in [2.24, 2.45) is 46.3 Å². The van der Waals surface area contributed by atoms with E-state index in [0.29, 0.717) is 48.3 Å². The number of hydrogen-bond acceptors (Lipinski definition) is 18. The molecular weight excluding hydrogens is 923 g/mol. The average Bonchev–Trinajstić information content (AvgIpc) is 3.91. The summed E-state index contributed by atoms with van der Waals surface area (Å²) in [5.41, 5.74) is 2.53. The Morgan fingerprint density at radius 2 is 1.52 bits per heavy atom. The zero-order valence-corrected chi connectivity index (χ0v) is 42.2. The third-order valence-electron chi connectivity index (χ3n) is 19.1. The van der Waals surface area contributed by atoms with Gasteiger partial charge in [-0.05, 0) is 117 Å². The molecule has 25 unspecified atom stereocenters. The number of rotatable bonds is 11. The van der Waals surface area contributed by atoms with Gasteiger partial charge in [0.15, 0.2) is 24.7 Å². The normalized spacial score (nSPS) is 50.4. The Morgan fingerprint density at radius 1 is 0.789 bits per heavy atom. The molecule has 1 aromatic rings. The first-order valence-corrected chi connectivity index (χ1v) is 26.3. The molecule has 3 saturated carbocycles. The van der Waals surface area contributed by atoms with E-state index in [1.807, 2.05) is 25.1 Å². The number of hydrogen-bond donors (Lipinski definition) is 7. The number of aliphatic hydroxyl groups excluding tert-OH is 7. The molecule has 18 heteroatoms. The highest BCUT2D eigenvalue weighted by Crippen LogP contribution is 2.70. The summed E-state index contributed by atoms with van der Waals surface area (Å²) < 4.78 is 56.3. The molecule has 5 saturated heterocycles. The first-order valence-electron chi connectivity index (χ1n) is 26.3. The van der Waals surface area contributed by atoms with Crippen LogP contribution in [0.1, 0.15) is 103 Å². The molecule has 5 heterocycles. The van der Waals surface area contributed by atoms with Crippen molar-refractivity contribution >= 4 is 11.7 Å². The van der Waals surface area contributed by atoms with Crippen LogP contribution < -0.4 is 4.90 Å². The van der Waals surface area contributed by atoms with E-state index in [1.54, 1.807) is 18.2 Å². The molecule has 4 aliphatic carbocycles. The Morgan fingerprint density at radius 3 is 2.25 bits per heavy atom. The van der Waals surface area contributed by atoms with Crippen LogP contribution in [0, 0.1) is 46.3 Å². The maximum Gasteiger partial charge on any atom is 0.338 e. The molecule has 0 radical (unpaired) electrons. The van der Waals surface area contributed by atoms with Crippen LogP contribution in [0.2, 0.25) is 0 Å². The average molecular weight is 1000 g/mol. The van der Waals surface area contributed by atoms with Crippen LogP contribution in [-0.2, 0) is 42.6 Å². The Bertz CT molecular complexity index is 2090. The lowest BCUT2D eigenvalue weighted by Gasteiger charge is -2.58. The second-order valence-electron chi connectivity index (χ2n) is 23.4. The molecule has 8 fully saturated rings. The highest BCUT2D eigenvalue weighted by molar-refractivity contribution is 5.90. The maximum absolute atomic E-state index is 13.0. The van der Waals surface area contributed by atoms with E-state index >= 15 is 0 Å². The number of benzene rings is 1. The minimum atomic E-state index is -1.74. The summed E-state index contributed by atoms with van der Waals surface area (Å²) in [6.45, 7) is 10.8. The van der Waals surface area contributed by atoms with Gasteiger partial charge in [-0.1, -0.05) is 45.4 Å². The number of carbonyl (C=O) groups is 1. The number of esters is 1. The quantitative estimate of drug-likeness (QED) is 0.125. The number of fused-ring (bicyclic) bond motifs is 7. The molecule has 71 heavy (non-hydrogen) atoms. The first kappa shape index (κ1) is 52.1. The lowest BCUT2D eigenvalue weighted by molar-refractivity contribution is -0.380. The van der Waals surface area contributed by atoms with Crippen LogP contribution >= 0.6 is 0 Å². The molecule has 5 aliphatic heterocycles.